The van der Waals surface area contributed by atoms with E-state index in [-0.39, 0.29) is 0 Å². The number of aromatic nitrogens is 1. The van der Waals surface area contributed by atoms with Crippen molar-refractivity contribution in [3.63, 3.8) is 0 Å². The quantitative estimate of drug-likeness (QED) is 0.540. The first-order valence-corrected chi connectivity index (χ1v) is 8.18. The number of nitrogens with zero attached hydrogens (tertiary/aromatic N) is 3. The van der Waals surface area contributed by atoms with Gasteiger partial charge in [0, 0.05) is 30.9 Å². The van der Waals surface area contributed by atoms with Crippen LogP contribution in [0.1, 0.15) is 32.4 Å². The van der Waals surface area contributed by atoms with Gasteiger partial charge in [0.2, 0.25) is 0 Å². The molecule has 1 rings (SSSR count). The predicted molar refractivity (Wildman–Crippen MR) is 94.0 cm³/mol. The maximum Gasteiger partial charge on any atom is 0.188 e. The summed E-state index contributed by atoms with van der Waals surface area (Å²) in [7, 11) is 4.23. The number of nitrogens with one attached hydrogen (secondary N) is 1. The van der Waals surface area contributed by atoms with Crippen molar-refractivity contribution in [2.75, 3.05) is 27.2 Å². The fourth-order valence-electron chi connectivity index (χ4n) is 2.68. The Kier molecular flexibility index (Phi) is 8.51. The molecule has 0 aliphatic rings. The lowest BCUT2D eigenvalue weighted by molar-refractivity contribution is 0.206. The first-order valence-electron chi connectivity index (χ1n) is 8.18. The molecule has 3 N–H and O–H groups in total. The third kappa shape index (κ3) is 6.43. The first kappa shape index (κ1) is 18.4. The molecule has 1 atom stereocenters. The number of pyridine rings is 1. The van der Waals surface area contributed by atoms with Crippen molar-refractivity contribution in [1.82, 2.24) is 15.2 Å². The van der Waals surface area contributed by atoms with Crippen molar-refractivity contribution in [2.24, 2.45) is 16.6 Å². The molecule has 0 aromatic carbocycles. The largest absolute Gasteiger partial charge is 0.370 e. The molecule has 0 bridgehead atoms. The standard InChI is InChI=1S/C17H31N5/c1-5-14(6-2)16(22(3)4)13-21-17(18)20-12-10-15-9-7-8-11-19-15/h7-9,11,14,16H,5-6,10,12-13H2,1-4H3,(H3,18,20,21). The molecule has 0 saturated carbocycles. The summed E-state index contributed by atoms with van der Waals surface area (Å²) in [5.74, 6) is 1.17. The molecule has 0 aliphatic heterocycles. The van der Waals surface area contributed by atoms with E-state index in [9.17, 15) is 0 Å². The third-order valence-corrected chi connectivity index (χ3v) is 4.12. The first-order chi connectivity index (χ1) is 10.6. The van der Waals surface area contributed by atoms with Crippen LogP contribution in [0.5, 0.6) is 0 Å². The molecule has 0 radical (unpaired) electrons. The maximum atomic E-state index is 5.97. The van der Waals surface area contributed by atoms with Gasteiger partial charge in [-0.25, -0.2) is 0 Å². The number of hydrogen-bond donors (Lipinski definition) is 2. The highest BCUT2D eigenvalue weighted by Crippen LogP contribution is 2.17. The van der Waals surface area contributed by atoms with E-state index >= 15 is 0 Å². The Labute approximate surface area is 135 Å². The molecular weight excluding hydrogens is 274 g/mol. The van der Waals surface area contributed by atoms with Crippen LogP contribution >= 0.6 is 0 Å². The summed E-state index contributed by atoms with van der Waals surface area (Å²) in [6.45, 7) is 5.97. The van der Waals surface area contributed by atoms with Gasteiger partial charge in [-0.1, -0.05) is 32.8 Å². The van der Waals surface area contributed by atoms with Crippen LogP contribution in [-0.4, -0.2) is 49.1 Å². The molecule has 0 saturated heterocycles. The van der Waals surface area contributed by atoms with E-state index in [2.05, 4.69) is 48.1 Å². The van der Waals surface area contributed by atoms with Gasteiger partial charge in [0.25, 0.3) is 0 Å². The molecule has 0 fully saturated rings. The van der Waals surface area contributed by atoms with Gasteiger partial charge in [-0.3, -0.25) is 9.98 Å². The van der Waals surface area contributed by atoms with Crippen LogP contribution in [0.3, 0.4) is 0 Å². The number of nitrogens with two attached hydrogens (primary N) is 1. The molecule has 5 nitrogen and oxygen atoms in total. The molecule has 0 aliphatic carbocycles. The lowest BCUT2D eigenvalue weighted by atomic mass is 9.93. The summed E-state index contributed by atoms with van der Waals surface area (Å²) in [5, 5.41) is 3.17. The van der Waals surface area contributed by atoms with Crippen LogP contribution in [0, 0.1) is 5.92 Å². The average Bonchev–Trinajstić information content (AvgIpc) is 2.52. The van der Waals surface area contributed by atoms with E-state index in [1.807, 2.05) is 24.4 Å². The maximum absolute atomic E-state index is 5.97. The molecule has 1 aromatic heterocycles. The normalized spacial score (nSPS) is 13.6. The SMILES string of the molecule is CCC(CC)C(CN=C(N)NCCc1ccccn1)N(C)C. The van der Waals surface area contributed by atoms with Gasteiger partial charge in [-0.15, -0.1) is 0 Å². The lowest BCUT2D eigenvalue weighted by Crippen LogP contribution is -2.40. The van der Waals surface area contributed by atoms with E-state index < -0.39 is 0 Å². The van der Waals surface area contributed by atoms with Gasteiger partial charge in [0.1, 0.15) is 0 Å². The Morgan fingerprint density at radius 3 is 2.59 bits per heavy atom. The summed E-state index contributed by atoms with van der Waals surface area (Å²) in [6.07, 6.45) is 4.99. The minimum Gasteiger partial charge on any atom is -0.370 e. The van der Waals surface area contributed by atoms with E-state index in [1.165, 1.54) is 12.8 Å². The monoisotopic (exact) mass is 305 g/mol. The number of guanidine groups is 1. The molecular formula is C17H31N5. The van der Waals surface area contributed by atoms with Crippen LogP contribution < -0.4 is 11.1 Å². The zero-order valence-electron chi connectivity index (χ0n) is 14.4. The van der Waals surface area contributed by atoms with Crippen molar-refractivity contribution in [2.45, 2.75) is 39.2 Å². The topological polar surface area (TPSA) is 66.5 Å². The Hall–Kier alpha value is -1.62. The van der Waals surface area contributed by atoms with Crippen LogP contribution in [0.2, 0.25) is 0 Å². The van der Waals surface area contributed by atoms with Crippen molar-refractivity contribution < 1.29 is 0 Å². The molecule has 1 unspecified atom stereocenters. The Balaban J connectivity index is 2.42. The minimum absolute atomic E-state index is 0.436. The van der Waals surface area contributed by atoms with Gasteiger partial charge in [-0.05, 0) is 32.1 Å². The highest BCUT2D eigenvalue weighted by Gasteiger charge is 2.20. The number of likely N-dealkylation sites (N-methyl/N-ethyl adjacent to an activating group) is 1. The fraction of sp³-hybridized carbons (Fsp3) is 0.647. The Morgan fingerprint density at radius 2 is 2.05 bits per heavy atom. The second-order valence-electron chi connectivity index (χ2n) is 5.83. The minimum atomic E-state index is 0.436. The number of aliphatic imine (C=N–C) groups is 1. The second kappa shape index (κ2) is 10.2. The van der Waals surface area contributed by atoms with Crippen molar-refractivity contribution in [3.8, 4) is 0 Å². The smallest absolute Gasteiger partial charge is 0.188 e. The molecule has 1 heterocycles. The molecule has 0 spiro atoms. The summed E-state index contributed by atoms with van der Waals surface area (Å²) in [4.78, 5) is 11.1. The van der Waals surface area contributed by atoms with Crippen LogP contribution in [0.25, 0.3) is 0 Å². The van der Waals surface area contributed by atoms with Gasteiger partial charge in [0.05, 0.1) is 6.54 Å². The van der Waals surface area contributed by atoms with Gasteiger partial charge in [0.15, 0.2) is 5.96 Å². The summed E-state index contributed by atoms with van der Waals surface area (Å²) < 4.78 is 0. The van der Waals surface area contributed by atoms with Crippen LogP contribution in [0.15, 0.2) is 29.4 Å². The predicted octanol–water partition coefficient (Wildman–Crippen LogP) is 1.89. The van der Waals surface area contributed by atoms with Gasteiger partial charge in [-0.2, -0.15) is 0 Å². The van der Waals surface area contributed by atoms with Gasteiger partial charge >= 0.3 is 0 Å². The molecule has 0 amide bonds. The fourth-order valence-corrected chi connectivity index (χ4v) is 2.68. The number of hydrogen-bond acceptors (Lipinski definition) is 3. The summed E-state index contributed by atoms with van der Waals surface area (Å²) in [6, 6.07) is 6.37. The Morgan fingerprint density at radius 1 is 1.32 bits per heavy atom. The van der Waals surface area contributed by atoms with Crippen molar-refractivity contribution >= 4 is 5.96 Å². The molecule has 1 aromatic rings. The molecule has 5 heteroatoms. The number of rotatable bonds is 9. The van der Waals surface area contributed by atoms with E-state index in [1.54, 1.807) is 0 Å². The lowest BCUT2D eigenvalue weighted by Gasteiger charge is -2.30. The van der Waals surface area contributed by atoms with E-state index in [4.69, 9.17) is 5.73 Å². The highest BCUT2D eigenvalue weighted by molar-refractivity contribution is 5.77. The molecule has 22 heavy (non-hydrogen) atoms. The Bertz CT molecular complexity index is 426. The zero-order chi connectivity index (χ0) is 16.4. The summed E-state index contributed by atoms with van der Waals surface area (Å²) in [5.41, 5.74) is 7.03. The van der Waals surface area contributed by atoms with Crippen molar-refractivity contribution in [3.05, 3.63) is 30.1 Å². The second-order valence-corrected chi connectivity index (χ2v) is 5.83. The molecule has 124 valence electrons. The summed E-state index contributed by atoms with van der Waals surface area (Å²) >= 11 is 0. The van der Waals surface area contributed by atoms with Crippen molar-refractivity contribution in [1.29, 1.82) is 0 Å². The average molecular weight is 305 g/mol. The third-order valence-electron chi connectivity index (χ3n) is 4.12. The van der Waals surface area contributed by atoms with Crippen LogP contribution in [0.4, 0.5) is 0 Å². The van der Waals surface area contributed by atoms with Crippen LogP contribution in [-0.2, 0) is 6.42 Å². The zero-order valence-corrected chi connectivity index (χ0v) is 14.4. The van der Waals surface area contributed by atoms with Gasteiger partial charge < -0.3 is 16.0 Å². The van der Waals surface area contributed by atoms with E-state index in [0.717, 1.165) is 25.2 Å². The van der Waals surface area contributed by atoms with E-state index in [0.29, 0.717) is 17.9 Å². The highest BCUT2D eigenvalue weighted by atomic mass is 15.1.